The topological polar surface area (TPSA) is 26.0 Å². The van der Waals surface area contributed by atoms with Crippen molar-refractivity contribution < 1.29 is 4.42 Å². The molecule has 1 heterocycles. The zero-order valence-electron chi connectivity index (χ0n) is 9.24. The second kappa shape index (κ2) is 5.17. The summed E-state index contributed by atoms with van der Waals surface area (Å²) in [6.45, 7) is 2.10. The minimum Gasteiger partial charge on any atom is -0.444 e. The summed E-state index contributed by atoms with van der Waals surface area (Å²) in [5, 5.41) is 0. The maximum atomic E-state index is 5.62. The fourth-order valence-electron chi connectivity index (χ4n) is 1.66. The van der Waals surface area contributed by atoms with E-state index in [0.29, 0.717) is 11.8 Å². The summed E-state index contributed by atoms with van der Waals surface area (Å²) in [6.07, 6.45) is 3.60. The normalized spacial score (nSPS) is 10.6. The molecular weight excluding hydrogens is 222 g/mol. The van der Waals surface area contributed by atoms with Crippen molar-refractivity contribution in [2.75, 3.05) is 0 Å². The van der Waals surface area contributed by atoms with Gasteiger partial charge in [-0.1, -0.05) is 29.8 Å². The number of hydrogen-bond acceptors (Lipinski definition) is 2. The number of nitrogens with zero attached hydrogens (tertiary/aromatic N) is 1. The van der Waals surface area contributed by atoms with Gasteiger partial charge >= 0.3 is 0 Å². The van der Waals surface area contributed by atoms with E-state index in [9.17, 15) is 0 Å². The van der Waals surface area contributed by atoms with Crippen LogP contribution in [0.3, 0.4) is 0 Å². The van der Waals surface area contributed by atoms with Gasteiger partial charge in [0.2, 0.25) is 5.89 Å². The van der Waals surface area contributed by atoms with Crippen LogP contribution in [0.4, 0.5) is 0 Å². The average molecular weight is 236 g/mol. The van der Waals surface area contributed by atoms with Gasteiger partial charge in [-0.2, -0.15) is 0 Å². The van der Waals surface area contributed by atoms with Gasteiger partial charge in [-0.15, -0.1) is 11.6 Å². The molecule has 0 fully saturated rings. The number of aryl methyl sites for hydroxylation is 3. The molecule has 2 aromatic rings. The monoisotopic (exact) mass is 235 g/mol. The van der Waals surface area contributed by atoms with Crippen LogP contribution in [-0.4, -0.2) is 4.98 Å². The molecule has 0 amide bonds. The van der Waals surface area contributed by atoms with Gasteiger partial charge in [0.25, 0.3) is 0 Å². The molecule has 16 heavy (non-hydrogen) atoms. The van der Waals surface area contributed by atoms with Crippen LogP contribution in [-0.2, 0) is 18.7 Å². The molecule has 0 bridgehead atoms. The lowest BCUT2D eigenvalue weighted by Crippen LogP contribution is -1.90. The molecule has 1 aromatic heterocycles. The number of alkyl halides is 1. The summed E-state index contributed by atoms with van der Waals surface area (Å²) in [7, 11) is 0. The van der Waals surface area contributed by atoms with Gasteiger partial charge in [-0.25, -0.2) is 4.98 Å². The van der Waals surface area contributed by atoms with Crippen molar-refractivity contribution in [1.29, 1.82) is 0 Å². The number of aromatic nitrogens is 1. The first-order chi connectivity index (χ1) is 7.78. The van der Waals surface area contributed by atoms with E-state index in [4.69, 9.17) is 16.0 Å². The molecule has 2 nitrogen and oxygen atoms in total. The lowest BCUT2D eigenvalue weighted by atomic mass is 10.1. The Morgan fingerprint density at radius 2 is 2.19 bits per heavy atom. The van der Waals surface area contributed by atoms with Gasteiger partial charge in [-0.05, 0) is 18.9 Å². The van der Waals surface area contributed by atoms with Crippen molar-refractivity contribution in [2.45, 2.75) is 25.6 Å². The minimum absolute atomic E-state index is 0.338. The first kappa shape index (κ1) is 11.2. The molecule has 0 atom stereocenters. The van der Waals surface area contributed by atoms with Crippen molar-refractivity contribution in [3.63, 3.8) is 0 Å². The number of benzene rings is 1. The average Bonchev–Trinajstić information content (AvgIpc) is 2.74. The molecule has 0 N–H and O–H groups in total. The smallest absolute Gasteiger partial charge is 0.209 e. The van der Waals surface area contributed by atoms with Crippen LogP contribution in [0.5, 0.6) is 0 Å². The van der Waals surface area contributed by atoms with Gasteiger partial charge in [-0.3, -0.25) is 0 Å². The first-order valence-corrected chi connectivity index (χ1v) is 5.86. The molecule has 0 saturated heterocycles. The van der Waals surface area contributed by atoms with Crippen LogP contribution < -0.4 is 0 Å². The van der Waals surface area contributed by atoms with Crippen LogP contribution in [0.25, 0.3) is 0 Å². The van der Waals surface area contributed by atoms with Gasteiger partial charge in [0, 0.05) is 6.42 Å². The highest BCUT2D eigenvalue weighted by Crippen LogP contribution is 2.11. The Morgan fingerprint density at radius 3 is 2.88 bits per heavy atom. The second-order valence-electron chi connectivity index (χ2n) is 3.84. The van der Waals surface area contributed by atoms with E-state index in [1.165, 1.54) is 11.1 Å². The lowest BCUT2D eigenvalue weighted by Gasteiger charge is -2.00. The molecule has 0 unspecified atom stereocenters. The van der Waals surface area contributed by atoms with Crippen LogP contribution in [0.2, 0.25) is 0 Å². The number of oxazole rings is 1. The maximum Gasteiger partial charge on any atom is 0.209 e. The predicted molar refractivity (Wildman–Crippen MR) is 64.6 cm³/mol. The lowest BCUT2D eigenvalue weighted by molar-refractivity contribution is 0.470. The van der Waals surface area contributed by atoms with Crippen molar-refractivity contribution in [2.24, 2.45) is 0 Å². The zero-order valence-corrected chi connectivity index (χ0v) is 10.00. The summed E-state index contributed by atoms with van der Waals surface area (Å²) in [5.41, 5.74) is 2.61. The molecule has 84 valence electrons. The van der Waals surface area contributed by atoms with E-state index >= 15 is 0 Å². The third-order valence-electron chi connectivity index (χ3n) is 2.46. The molecule has 0 aliphatic carbocycles. The van der Waals surface area contributed by atoms with E-state index in [0.717, 1.165) is 18.6 Å². The Balaban J connectivity index is 1.96. The van der Waals surface area contributed by atoms with Crippen LogP contribution >= 0.6 is 11.6 Å². The van der Waals surface area contributed by atoms with Crippen LogP contribution in [0, 0.1) is 6.92 Å². The maximum absolute atomic E-state index is 5.62. The SMILES string of the molecule is Cc1cccc(CCc2cnc(CCl)o2)c1. The largest absolute Gasteiger partial charge is 0.444 e. The van der Waals surface area contributed by atoms with Crippen molar-refractivity contribution in [1.82, 2.24) is 4.98 Å². The molecule has 3 heteroatoms. The van der Waals surface area contributed by atoms with Crippen molar-refractivity contribution in [3.05, 3.63) is 53.2 Å². The van der Waals surface area contributed by atoms with E-state index in [-0.39, 0.29) is 0 Å². The molecule has 1 aromatic carbocycles. The Morgan fingerprint density at radius 1 is 1.31 bits per heavy atom. The molecule has 0 saturated carbocycles. The van der Waals surface area contributed by atoms with Gasteiger partial charge in [0.15, 0.2) is 0 Å². The Bertz CT molecular complexity index is 464. The Labute approximate surface area is 100 Å². The highest BCUT2D eigenvalue weighted by atomic mass is 35.5. The molecule has 0 spiro atoms. The van der Waals surface area contributed by atoms with E-state index in [2.05, 4.69) is 36.2 Å². The standard InChI is InChI=1S/C13H14ClNO/c1-10-3-2-4-11(7-10)5-6-12-9-15-13(8-14)16-12/h2-4,7,9H,5-6,8H2,1H3. The fraction of sp³-hybridized carbons (Fsp3) is 0.308. The van der Waals surface area contributed by atoms with Gasteiger partial charge in [0.1, 0.15) is 5.76 Å². The molecular formula is C13H14ClNO. The highest BCUT2D eigenvalue weighted by molar-refractivity contribution is 6.16. The van der Waals surface area contributed by atoms with Crippen LogP contribution in [0.15, 0.2) is 34.9 Å². The zero-order chi connectivity index (χ0) is 11.4. The molecule has 0 aliphatic heterocycles. The van der Waals surface area contributed by atoms with E-state index < -0.39 is 0 Å². The predicted octanol–water partition coefficient (Wildman–Crippen LogP) is 3.51. The first-order valence-electron chi connectivity index (χ1n) is 5.33. The highest BCUT2D eigenvalue weighted by Gasteiger charge is 2.03. The summed E-state index contributed by atoms with van der Waals surface area (Å²) < 4.78 is 5.44. The third kappa shape index (κ3) is 2.86. The minimum atomic E-state index is 0.338. The molecule has 0 aliphatic rings. The summed E-state index contributed by atoms with van der Waals surface area (Å²) in [6, 6.07) is 8.50. The van der Waals surface area contributed by atoms with Gasteiger partial charge in [0.05, 0.1) is 12.1 Å². The Kier molecular flexibility index (Phi) is 3.62. The van der Waals surface area contributed by atoms with Gasteiger partial charge < -0.3 is 4.42 Å². The summed E-state index contributed by atoms with van der Waals surface area (Å²) >= 11 is 5.62. The quantitative estimate of drug-likeness (QED) is 0.758. The molecule has 0 radical (unpaired) electrons. The van der Waals surface area contributed by atoms with Crippen molar-refractivity contribution in [3.8, 4) is 0 Å². The van der Waals surface area contributed by atoms with E-state index in [1.54, 1.807) is 6.20 Å². The third-order valence-corrected chi connectivity index (χ3v) is 2.69. The number of rotatable bonds is 4. The summed E-state index contributed by atoms with van der Waals surface area (Å²) in [5.74, 6) is 1.84. The number of hydrogen-bond donors (Lipinski definition) is 0. The van der Waals surface area contributed by atoms with E-state index in [1.807, 2.05) is 0 Å². The Hall–Kier alpha value is -1.28. The van der Waals surface area contributed by atoms with Crippen LogP contribution in [0.1, 0.15) is 22.8 Å². The summed E-state index contributed by atoms with van der Waals surface area (Å²) in [4.78, 5) is 4.07. The fourth-order valence-corrected chi connectivity index (χ4v) is 1.78. The second-order valence-corrected chi connectivity index (χ2v) is 4.11. The number of halogens is 1. The van der Waals surface area contributed by atoms with Crippen molar-refractivity contribution >= 4 is 11.6 Å². The molecule has 2 rings (SSSR count).